The van der Waals surface area contributed by atoms with Gasteiger partial charge in [-0.3, -0.25) is 4.79 Å². The second-order valence-electron chi connectivity index (χ2n) is 5.53. The zero-order valence-electron chi connectivity index (χ0n) is 14.9. The normalized spacial score (nSPS) is 12.6. The topological polar surface area (TPSA) is 116 Å². The second kappa shape index (κ2) is 9.55. The van der Waals surface area contributed by atoms with Gasteiger partial charge in [-0.05, 0) is 25.5 Å². The Bertz CT molecular complexity index is 682. The van der Waals surface area contributed by atoms with Crippen LogP contribution in [-0.2, 0) is 23.8 Å². The predicted octanol–water partition coefficient (Wildman–Crippen LogP) is 2.21. The molecule has 142 valence electrons. The lowest BCUT2D eigenvalue weighted by molar-refractivity contribution is -0.181. The summed E-state index contributed by atoms with van der Waals surface area (Å²) < 4.78 is 15.0. The molecule has 0 amide bonds. The Labute approximate surface area is 151 Å². The van der Waals surface area contributed by atoms with Crippen molar-refractivity contribution < 1.29 is 38.5 Å². The highest BCUT2D eigenvalue weighted by molar-refractivity contribution is 6.02. The SMILES string of the molecule is CCC(=O)OC(C)(CC)C(=O)OCCOC(=O)c1ccccc1C(=O)O. The number of aromatic carboxylic acids is 1. The van der Waals surface area contributed by atoms with Crippen LogP contribution in [0.4, 0.5) is 0 Å². The van der Waals surface area contributed by atoms with E-state index in [2.05, 4.69) is 0 Å². The molecule has 0 saturated carbocycles. The molecule has 0 aliphatic heterocycles. The molecular weight excluding hydrogens is 344 g/mol. The van der Waals surface area contributed by atoms with Gasteiger partial charge in [-0.2, -0.15) is 0 Å². The number of rotatable bonds is 9. The maximum atomic E-state index is 12.1. The molecule has 0 aromatic heterocycles. The average molecular weight is 366 g/mol. The van der Waals surface area contributed by atoms with Gasteiger partial charge in [0.25, 0.3) is 0 Å². The smallest absolute Gasteiger partial charge is 0.350 e. The van der Waals surface area contributed by atoms with Crippen LogP contribution in [0.2, 0.25) is 0 Å². The van der Waals surface area contributed by atoms with Crippen LogP contribution in [0.3, 0.4) is 0 Å². The Hall–Kier alpha value is -2.90. The molecule has 0 heterocycles. The molecule has 1 atom stereocenters. The standard InChI is InChI=1S/C18H22O8/c1-4-14(19)26-18(3,5-2)17(23)25-11-10-24-16(22)13-9-7-6-8-12(13)15(20)21/h6-9H,4-5,10-11H2,1-3H3,(H,20,21). The van der Waals surface area contributed by atoms with Gasteiger partial charge < -0.3 is 19.3 Å². The van der Waals surface area contributed by atoms with Crippen molar-refractivity contribution in [3.05, 3.63) is 35.4 Å². The van der Waals surface area contributed by atoms with Crippen LogP contribution in [-0.4, -0.2) is 47.8 Å². The van der Waals surface area contributed by atoms with E-state index in [1.54, 1.807) is 13.8 Å². The Kier molecular flexibility index (Phi) is 7.77. The number of carbonyl (C=O) groups excluding carboxylic acids is 3. The molecule has 0 aliphatic rings. The summed E-state index contributed by atoms with van der Waals surface area (Å²) >= 11 is 0. The molecule has 8 heteroatoms. The van der Waals surface area contributed by atoms with Crippen LogP contribution in [0.1, 0.15) is 54.3 Å². The van der Waals surface area contributed by atoms with E-state index in [0.29, 0.717) is 0 Å². The molecule has 1 N–H and O–H groups in total. The Morgan fingerprint density at radius 1 is 1.00 bits per heavy atom. The van der Waals surface area contributed by atoms with E-state index in [1.807, 2.05) is 0 Å². The number of carboxylic acid groups (broad SMARTS) is 1. The molecule has 1 unspecified atom stereocenters. The zero-order chi connectivity index (χ0) is 19.7. The molecule has 0 spiro atoms. The molecule has 8 nitrogen and oxygen atoms in total. The third-order valence-corrected chi connectivity index (χ3v) is 3.66. The summed E-state index contributed by atoms with van der Waals surface area (Å²) in [5.74, 6) is -3.36. The van der Waals surface area contributed by atoms with Gasteiger partial charge in [-0.1, -0.05) is 26.0 Å². The molecule has 0 aliphatic carbocycles. The van der Waals surface area contributed by atoms with Gasteiger partial charge >= 0.3 is 23.9 Å². The van der Waals surface area contributed by atoms with E-state index in [1.165, 1.54) is 31.2 Å². The van der Waals surface area contributed by atoms with E-state index in [0.717, 1.165) is 0 Å². The van der Waals surface area contributed by atoms with Crippen molar-refractivity contribution in [1.82, 2.24) is 0 Å². The van der Waals surface area contributed by atoms with Gasteiger partial charge in [-0.15, -0.1) is 0 Å². The highest BCUT2D eigenvalue weighted by Gasteiger charge is 2.37. The molecule has 1 rings (SSSR count). The number of hydrogen-bond donors (Lipinski definition) is 1. The second-order valence-corrected chi connectivity index (χ2v) is 5.53. The lowest BCUT2D eigenvalue weighted by atomic mass is 10.0. The molecule has 1 aromatic rings. The minimum absolute atomic E-state index is 0.0957. The summed E-state index contributed by atoms with van der Waals surface area (Å²) in [6.45, 7) is 4.21. The van der Waals surface area contributed by atoms with Crippen LogP contribution in [0.15, 0.2) is 24.3 Å². The summed E-state index contributed by atoms with van der Waals surface area (Å²) in [5, 5.41) is 9.05. The van der Waals surface area contributed by atoms with E-state index >= 15 is 0 Å². The Balaban J connectivity index is 2.56. The summed E-state index contributed by atoms with van der Waals surface area (Å²) in [6, 6.07) is 5.62. The van der Waals surface area contributed by atoms with Crippen molar-refractivity contribution in [2.24, 2.45) is 0 Å². The number of esters is 3. The molecular formula is C18H22O8. The first-order valence-electron chi connectivity index (χ1n) is 8.13. The average Bonchev–Trinajstić information content (AvgIpc) is 2.64. The van der Waals surface area contributed by atoms with Gasteiger partial charge in [-0.25, -0.2) is 14.4 Å². The van der Waals surface area contributed by atoms with Crippen molar-refractivity contribution in [2.45, 2.75) is 39.2 Å². The molecule has 0 radical (unpaired) electrons. The summed E-state index contributed by atoms with van der Waals surface area (Å²) in [4.78, 5) is 46.5. The van der Waals surface area contributed by atoms with Crippen LogP contribution in [0, 0.1) is 0 Å². The van der Waals surface area contributed by atoms with Crippen molar-refractivity contribution in [3.8, 4) is 0 Å². The monoisotopic (exact) mass is 366 g/mol. The highest BCUT2D eigenvalue weighted by atomic mass is 16.6. The molecule has 0 fully saturated rings. The number of benzene rings is 1. The van der Waals surface area contributed by atoms with Gasteiger partial charge in [0.2, 0.25) is 5.60 Å². The minimum Gasteiger partial charge on any atom is -0.478 e. The van der Waals surface area contributed by atoms with Gasteiger partial charge in [0, 0.05) is 6.42 Å². The first-order valence-corrected chi connectivity index (χ1v) is 8.13. The lowest BCUT2D eigenvalue weighted by Crippen LogP contribution is -2.41. The first-order chi connectivity index (χ1) is 12.2. The van der Waals surface area contributed by atoms with Gasteiger partial charge in [0.15, 0.2) is 0 Å². The number of ether oxygens (including phenoxy) is 3. The quantitative estimate of drug-likeness (QED) is 0.402. The van der Waals surface area contributed by atoms with Crippen LogP contribution in [0.5, 0.6) is 0 Å². The van der Waals surface area contributed by atoms with Crippen LogP contribution >= 0.6 is 0 Å². The van der Waals surface area contributed by atoms with Crippen molar-refractivity contribution in [1.29, 1.82) is 0 Å². The summed E-state index contributed by atoms with van der Waals surface area (Å²) in [6.07, 6.45) is 0.354. The van der Waals surface area contributed by atoms with Crippen molar-refractivity contribution in [2.75, 3.05) is 13.2 Å². The Morgan fingerprint density at radius 2 is 1.58 bits per heavy atom. The van der Waals surface area contributed by atoms with E-state index in [9.17, 15) is 19.2 Å². The molecule has 0 bridgehead atoms. The Morgan fingerprint density at radius 3 is 2.12 bits per heavy atom. The minimum atomic E-state index is -1.41. The summed E-state index contributed by atoms with van der Waals surface area (Å²) in [5.41, 5.74) is -1.69. The molecule has 26 heavy (non-hydrogen) atoms. The molecule has 1 aromatic carbocycles. The van der Waals surface area contributed by atoms with Crippen LogP contribution < -0.4 is 0 Å². The summed E-state index contributed by atoms with van der Waals surface area (Å²) in [7, 11) is 0. The number of hydrogen-bond acceptors (Lipinski definition) is 7. The predicted molar refractivity (Wildman–Crippen MR) is 89.7 cm³/mol. The number of carbonyl (C=O) groups is 4. The zero-order valence-corrected chi connectivity index (χ0v) is 14.9. The van der Waals surface area contributed by atoms with Crippen LogP contribution in [0.25, 0.3) is 0 Å². The lowest BCUT2D eigenvalue weighted by Gasteiger charge is -2.25. The molecule has 0 saturated heterocycles. The fraction of sp³-hybridized carbons (Fsp3) is 0.444. The maximum absolute atomic E-state index is 12.1. The third kappa shape index (κ3) is 5.58. The maximum Gasteiger partial charge on any atom is 0.350 e. The fourth-order valence-corrected chi connectivity index (χ4v) is 1.93. The van der Waals surface area contributed by atoms with Crippen molar-refractivity contribution in [3.63, 3.8) is 0 Å². The van der Waals surface area contributed by atoms with E-state index in [4.69, 9.17) is 19.3 Å². The highest BCUT2D eigenvalue weighted by Crippen LogP contribution is 2.18. The van der Waals surface area contributed by atoms with Crippen molar-refractivity contribution >= 4 is 23.9 Å². The van der Waals surface area contributed by atoms with E-state index < -0.39 is 29.5 Å². The van der Waals surface area contributed by atoms with E-state index in [-0.39, 0.29) is 37.2 Å². The first kappa shape index (κ1) is 21.1. The van der Waals surface area contributed by atoms with Gasteiger partial charge in [0.1, 0.15) is 13.2 Å². The fourth-order valence-electron chi connectivity index (χ4n) is 1.93. The van der Waals surface area contributed by atoms with Gasteiger partial charge in [0.05, 0.1) is 11.1 Å². The largest absolute Gasteiger partial charge is 0.478 e. The number of carboxylic acids is 1. The third-order valence-electron chi connectivity index (χ3n) is 3.66.